The molecule has 0 aromatic rings. The van der Waals surface area contributed by atoms with Crippen LogP contribution in [0.5, 0.6) is 0 Å². The average molecular weight is 188 g/mol. The first-order valence-corrected chi connectivity index (χ1v) is 4.78. The minimum atomic E-state index is -0.00715. The van der Waals surface area contributed by atoms with Gasteiger partial charge in [-0.2, -0.15) is 0 Å². The molecule has 13 heavy (non-hydrogen) atoms. The molecule has 4 heteroatoms. The van der Waals surface area contributed by atoms with Crippen molar-refractivity contribution >= 4 is 0 Å². The molecule has 0 aliphatic carbocycles. The van der Waals surface area contributed by atoms with E-state index >= 15 is 0 Å². The van der Waals surface area contributed by atoms with Crippen LogP contribution in [-0.4, -0.2) is 45.1 Å². The van der Waals surface area contributed by atoms with Crippen LogP contribution in [0, 0.1) is 0 Å². The highest BCUT2D eigenvalue weighted by Gasteiger charge is 2.32. The van der Waals surface area contributed by atoms with Gasteiger partial charge in [0.15, 0.2) is 0 Å². The highest BCUT2D eigenvalue weighted by atomic mass is 16.5. The topological polar surface area (TPSA) is 56.5 Å². The molecule has 1 heterocycles. The zero-order valence-electron chi connectivity index (χ0n) is 8.51. The minimum absolute atomic E-state index is 0.00715. The number of hydrogen-bond donors (Lipinski definition) is 2. The van der Waals surface area contributed by atoms with E-state index in [0.29, 0.717) is 6.54 Å². The number of methoxy groups -OCH3 is 1. The van der Waals surface area contributed by atoms with E-state index in [9.17, 15) is 0 Å². The van der Waals surface area contributed by atoms with Crippen LogP contribution in [0.4, 0.5) is 0 Å². The van der Waals surface area contributed by atoms with Crippen LogP contribution in [0.15, 0.2) is 0 Å². The van der Waals surface area contributed by atoms with Gasteiger partial charge in [0.25, 0.3) is 0 Å². The average Bonchev–Trinajstić information content (AvgIpc) is 2.63. The minimum Gasteiger partial charge on any atom is -0.380 e. The van der Waals surface area contributed by atoms with Crippen molar-refractivity contribution in [1.29, 1.82) is 0 Å². The Kier molecular flexibility index (Phi) is 4.12. The zero-order chi connectivity index (χ0) is 9.73. The maximum absolute atomic E-state index is 5.71. The number of nitrogens with two attached hydrogens (primary N) is 1. The second-order valence-electron chi connectivity index (χ2n) is 3.71. The molecule has 0 amide bonds. The predicted molar refractivity (Wildman–Crippen MR) is 51.7 cm³/mol. The molecule has 0 saturated carbocycles. The maximum atomic E-state index is 5.71. The van der Waals surface area contributed by atoms with Crippen LogP contribution < -0.4 is 11.1 Å². The van der Waals surface area contributed by atoms with Crippen LogP contribution >= 0.6 is 0 Å². The predicted octanol–water partition coefficient (Wildman–Crippen LogP) is -0.271. The second kappa shape index (κ2) is 4.91. The largest absolute Gasteiger partial charge is 0.380 e. The molecule has 0 aromatic heterocycles. The first-order valence-electron chi connectivity index (χ1n) is 4.78. The summed E-state index contributed by atoms with van der Waals surface area (Å²) in [5.41, 5.74) is 5.71. The quantitative estimate of drug-likeness (QED) is 0.623. The highest BCUT2D eigenvalue weighted by Crippen LogP contribution is 2.16. The third kappa shape index (κ3) is 2.91. The standard InChI is InChI=1S/C9H20N2O2/c1-8(12-2)5-11-9(6-10)3-4-13-7-9/h8,11H,3-7,10H2,1-2H3. The molecule has 0 bridgehead atoms. The van der Waals surface area contributed by atoms with Gasteiger partial charge in [0.05, 0.1) is 18.2 Å². The van der Waals surface area contributed by atoms with E-state index in [0.717, 1.165) is 26.2 Å². The summed E-state index contributed by atoms with van der Waals surface area (Å²) < 4.78 is 10.5. The van der Waals surface area contributed by atoms with Crippen molar-refractivity contribution < 1.29 is 9.47 Å². The van der Waals surface area contributed by atoms with Gasteiger partial charge < -0.3 is 20.5 Å². The van der Waals surface area contributed by atoms with Gasteiger partial charge in [-0.15, -0.1) is 0 Å². The van der Waals surface area contributed by atoms with Crippen molar-refractivity contribution in [3.05, 3.63) is 0 Å². The maximum Gasteiger partial charge on any atom is 0.0667 e. The van der Waals surface area contributed by atoms with Crippen LogP contribution in [-0.2, 0) is 9.47 Å². The Labute approximate surface area is 79.8 Å². The van der Waals surface area contributed by atoms with Crippen molar-refractivity contribution in [3.8, 4) is 0 Å². The number of nitrogens with one attached hydrogen (secondary N) is 1. The monoisotopic (exact) mass is 188 g/mol. The molecule has 4 nitrogen and oxygen atoms in total. The van der Waals surface area contributed by atoms with E-state index in [1.807, 2.05) is 6.92 Å². The lowest BCUT2D eigenvalue weighted by atomic mass is 9.99. The Morgan fingerprint density at radius 3 is 2.92 bits per heavy atom. The van der Waals surface area contributed by atoms with Gasteiger partial charge in [-0.1, -0.05) is 0 Å². The molecule has 1 fully saturated rings. The van der Waals surface area contributed by atoms with Crippen LogP contribution in [0.1, 0.15) is 13.3 Å². The lowest BCUT2D eigenvalue weighted by Crippen LogP contribution is -2.53. The van der Waals surface area contributed by atoms with Crippen molar-refractivity contribution in [2.45, 2.75) is 25.0 Å². The molecule has 1 aliphatic heterocycles. The molecule has 1 aliphatic rings. The lowest BCUT2D eigenvalue weighted by molar-refractivity contribution is 0.102. The smallest absolute Gasteiger partial charge is 0.0667 e. The Hall–Kier alpha value is -0.160. The van der Waals surface area contributed by atoms with Gasteiger partial charge in [-0.25, -0.2) is 0 Å². The summed E-state index contributed by atoms with van der Waals surface area (Å²) in [7, 11) is 1.71. The second-order valence-corrected chi connectivity index (χ2v) is 3.71. The summed E-state index contributed by atoms with van der Waals surface area (Å²) >= 11 is 0. The van der Waals surface area contributed by atoms with E-state index in [4.69, 9.17) is 15.2 Å². The van der Waals surface area contributed by atoms with Crippen LogP contribution in [0.25, 0.3) is 0 Å². The summed E-state index contributed by atoms with van der Waals surface area (Å²) in [5.74, 6) is 0. The molecule has 78 valence electrons. The summed E-state index contributed by atoms with van der Waals surface area (Å²) in [6.07, 6.45) is 1.23. The van der Waals surface area contributed by atoms with Gasteiger partial charge in [0, 0.05) is 26.8 Å². The fraction of sp³-hybridized carbons (Fsp3) is 1.00. The van der Waals surface area contributed by atoms with Gasteiger partial charge in [0.1, 0.15) is 0 Å². The molecule has 0 aromatic carbocycles. The Balaban J connectivity index is 2.31. The Bertz CT molecular complexity index is 147. The Morgan fingerprint density at radius 1 is 1.69 bits per heavy atom. The van der Waals surface area contributed by atoms with E-state index in [1.165, 1.54) is 0 Å². The van der Waals surface area contributed by atoms with Gasteiger partial charge >= 0.3 is 0 Å². The van der Waals surface area contributed by atoms with Gasteiger partial charge in [-0.3, -0.25) is 0 Å². The summed E-state index contributed by atoms with van der Waals surface area (Å²) in [4.78, 5) is 0. The molecular weight excluding hydrogens is 168 g/mol. The fourth-order valence-corrected chi connectivity index (χ4v) is 1.42. The molecule has 3 N–H and O–H groups in total. The summed E-state index contributed by atoms with van der Waals surface area (Å²) in [5, 5.41) is 3.42. The number of hydrogen-bond acceptors (Lipinski definition) is 4. The SMILES string of the molecule is COC(C)CNC1(CN)CCOC1. The van der Waals surface area contributed by atoms with E-state index in [2.05, 4.69) is 5.32 Å². The molecule has 2 unspecified atom stereocenters. The van der Waals surface area contributed by atoms with Crippen LogP contribution in [0.2, 0.25) is 0 Å². The molecule has 2 atom stereocenters. The van der Waals surface area contributed by atoms with Gasteiger partial charge in [-0.05, 0) is 13.3 Å². The number of ether oxygens (including phenoxy) is 2. The van der Waals surface area contributed by atoms with E-state index < -0.39 is 0 Å². The fourth-order valence-electron chi connectivity index (χ4n) is 1.42. The highest BCUT2D eigenvalue weighted by molar-refractivity contribution is 4.92. The van der Waals surface area contributed by atoms with E-state index in [1.54, 1.807) is 7.11 Å². The summed E-state index contributed by atoms with van der Waals surface area (Å²) in [6, 6.07) is 0. The normalized spacial score (nSPS) is 30.7. The molecule has 1 saturated heterocycles. The van der Waals surface area contributed by atoms with Crippen molar-refractivity contribution in [2.75, 3.05) is 33.4 Å². The lowest BCUT2D eigenvalue weighted by Gasteiger charge is -2.28. The molecule has 1 rings (SSSR count). The van der Waals surface area contributed by atoms with Gasteiger partial charge in [0.2, 0.25) is 0 Å². The molecular formula is C9H20N2O2. The first-order chi connectivity index (χ1) is 6.22. The van der Waals surface area contributed by atoms with Crippen molar-refractivity contribution in [3.63, 3.8) is 0 Å². The zero-order valence-corrected chi connectivity index (χ0v) is 8.51. The molecule has 0 radical (unpaired) electrons. The Morgan fingerprint density at radius 2 is 2.46 bits per heavy atom. The van der Waals surface area contributed by atoms with Crippen molar-refractivity contribution in [2.24, 2.45) is 5.73 Å². The third-order valence-electron chi connectivity index (χ3n) is 2.66. The molecule has 0 spiro atoms. The first kappa shape index (κ1) is 10.9. The van der Waals surface area contributed by atoms with Crippen LogP contribution in [0.3, 0.4) is 0 Å². The summed E-state index contributed by atoms with van der Waals surface area (Å²) in [6.45, 7) is 5.03. The van der Waals surface area contributed by atoms with E-state index in [-0.39, 0.29) is 11.6 Å². The van der Waals surface area contributed by atoms with Crippen molar-refractivity contribution in [1.82, 2.24) is 5.32 Å². The third-order valence-corrected chi connectivity index (χ3v) is 2.66. The number of rotatable bonds is 5.